The molecule has 0 radical (unpaired) electrons. The number of carbonyl (C=O) groups is 1. The third kappa shape index (κ3) is 4.70. The van der Waals surface area contributed by atoms with Gasteiger partial charge in [-0.2, -0.15) is 15.1 Å². The summed E-state index contributed by atoms with van der Waals surface area (Å²) >= 11 is 7.73. The minimum Gasteiger partial charge on any atom is -0.495 e. The largest absolute Gasteiger partial charge is 0.495 e. The van der Waals surface area contributed by atoms with E-state index < -0.39 is 5.91 Å². The van der Waals surface area contributed by atoms with Crippen LogP contribution >= 0.6 is 23.4 Å². The number of nitrogens with one attached hydrogen (secondary N) is 1. The number of hydrazone groups is 1. The van der Waals surface area contributed by atoms with E-state index in [1.165, 1.54) is 29.6 Å². The summed E-state index contributed by atoms with van der Waals surface area (Å²) in [5, 5.41) is 16.6. The molecule has 1 aromatic carbocycles. The molecule has 0 fully saturated rings. The first-order chi connectivity index (χ1) is 16.3. The molecule has 2 aromatic rings. The number of hydrogen-bond donors (Lipinski definition) is 1. The van der Waals surface area contributed by atoms with E-state index in [1.807, 2.05) is 38.1 Å². The zero-order valence-corrected chi connectivity index (χ0v) is 21.4. The lowest BCUT2D eigenvalue weighted by atomic mass is 10.1. The minimum atomic E-state index is -0.413. The quantitative estimate of drug-likeness (QED) is 0.340. The van der Waals surface area contributed by atoms with Crippen molar-refractivity contribution < 1.29 is 9.53 Å². The van der Waals surface area contributed by atoms with Crippen LogP contribution in [0.4, 0.5) is 0 Å². The molecule has 0 spiro atoms. The van der Waals surface area contributed by atoms with Gasteiger partial charge in [-0.15, -0.1) is 0 Å². The Kier molecular flexibility index (Phi) is 7.28. The van der Waals surface area contributed by atoms with Crippen molar-refractivity contribution in [2.75, 3.05) is 7.11 Å². The number of rotatable bonds is 8. The van der Waals surface area contributed by atoms with Gasteiger partial charge in [-0.3, -0.25) is 10.2 Å². The lowest BCUT2D eigenvalue weighted by molar-refractivity contribution is -0.114. The highest BCUT2D eigenvalue weighted by atomic mass is 35.5. The maximum absolute atomic E-state index is 12.8. The molecule has 4 rings (SSSR count). The van der Waals surface area contributed by atoms with Crippen LogP contribution in [0.25, 0.3) is 11.8 Å². The maximum Gasteiger partial charge on any atom is 0.283 e. The Bertz CT molecular complexity index is 1240. The molecule has 2 aliphatic heterocycles. The third-order valence-corrected chi connectivity index (χ3v) is 7.17. The molecule has 3 heterocycles. The fourth-order valence-corrected chi connectivity index (χ4v) is 5.30. The topological polar surface area (TPSA) is 83.0 Å². The van der Waals surface area contributed by atoms with E-state index >= 15 is 0 Å². The average molecular weight is 498 g/mol. The van der Waals surface area contributed by atoms with Crippen LogP contribution in [-0.2, 0) is 4.79 Å². The van der Waals surface area contributed by atoms with Gasteiger partial charge in [-0.1, -0.05) is 37.8 Å². The van der Waals surface area contributed by atoms with Gasteiger partial charge in [0.25, 0.3) is 5.91 Å². The number of aliphatic imine (C=N–C) groups is 1. The molecule has 1 aromatic heterocycles. The van der Waals surface area contributed by atoms with Crippen LogP contribution in [0.5, 0.6) is 5.75 Å². The van der Waals surface area contributed by atoms with E-state index in [0.29, 0.717) is 15.9 Å². The Morgan fingerprint density at radius 2 is 2.00 bits per heavy atom. The second kappa shape index (κ2) is 10.2. The van der Waals surface area contributed by atoms with Gasteiger partial charge in [-0.25, -0.2) is 0 Å². The second-order valence-electron chi connectivity index (χ2n) is 8.31. The van der Waals surface area contributed by atoms with E-state index in [9.17, 15) is 4.79 Å². The van der Waals surface area contributed by atoms with Crippen LogP contribution in [0.3, 0.4) is 0 Å². The van der Waals surface area contributed by atoms with E-state index in [4.69, 9.17) is 21.7 Å². The zero-order valence-electron chi connectivity index (χ0n) is 19.8. The van der Waals surface area contributed by atoms with Crippen molar-refractivity contribution in [3.8, 4) is 11.4 Å². The number of carbonyl (C=O) groups excluding carboxylic acids is 1. The Hall–Kier alpha value is -2.84. The number of methoxy groups -OCH3 is 1. The monoisotopic (exact) mass is 497 g/mol. The first kappa shape index (κ1) is 24.3. The van der Waals surface area contributed by atoms with Gasteiger partial charge < -0.3 is 9.30 Å². The number of aromatic nitrogens is 1. The molecule has 0 aliphatic carbocycles. The Morgan fingerprint density at radius 3 is 2.71 bits per heavy atom. The number of hydrogen-bond acceptors (Lipinski definition) is 5. The molecule has 2 aliphatic rings. The predicted octanol–water partition coefficient (Wildman–Crippen LogP) is 6.35. The number of thioether (sulfide) groups is 1. The molecule has 0 atom stereocenters. The summed E-state index contributed by atoms with van der Waals surface area (Å²) in [5.74, 6) is 0.255. The summed E-state index contributed by atoms with van der Waals surface area (Å²) in [5.41, 5.74) is 3.87. The highest BCUT2D eigenvalue weighted by Crippen LogP contribution is 2.32. The van der Waals surface area contributed by atoms with Crippen molar-refractivity contribution in [2.24, 2.45) is 10.1 Å². The van der Waals surface area contributed by atoms with Crippen LogP contribution < -0.4 is 4.74 Å². The molecule has 178 valence electrons. The van der Waals surface area contributed by atoms with Gasteiger partial charge in [0.1, 0.15) is 10.8 Å². The summed E-state index contributed by atoms with van der Waals surface area (Å²) < 4.78 is 7.32. The summed E-state index contributed by atoms with van der Waals surface area (Å²) in [6.45, 7) is 6.15. The van der Waals surface area contributed by atoms with Gasteiger partial charge in [0, 0.05) is 17.1 Å². The summed E-state index contributed by atoms with van der Waals surface area (Å²) in [7, 11) is 1.58. The van der Waals surface area contributed by atoms with Gasteiger partial charge in [0.2, 0.25) is 5.17 Å². The van der Waals surface area contributed by atoms with Gasteiger partial charge in [0.15, 0.2) is 5.84 Å². The molecule has 9 heteroatoms. The van der Waals surface area contributed by atoms with E-state index in [0.717, 1.165) is 46.9 Å². The van der Waals surface area contributed by atoms with Crippen molar-refractivity contribution in [1.29, 1.82) is 5.41 Å². The fourth-order valence-electron chi connectivity index (χ4n) is 4.12. The van der Waals surface area contributed by atoms with Gasteiger partial charge >= 0.3 is 0 Å². The number of fused-ring (bicyclic) bond motifs is 1. The number of halogens is 1. The molecule has 1 N–H and O–H groups in total. The van der Waals surface area contributed by atoms with Crippen LogP contribution in [-0.4, -0.2) is 38.6 Å². The predicted molar refractivity (Wildman–Crippen MR) is 141 cm³/mol. The molecule has 1 amide bonds. The number of benzene rings is 1. The minimum absolute atomic E-state index is 0.0587. The molecule has 34 heavy (non-hydrogen) atoms. The fraction of sp³-hybridized carbons (Fsp3) is 0.360. The van der Waals surface area contributed by atoms with Crippen molar-refractivity contribution in [1.82, 2.24) is 9.58 Å². The van der Waals surface area contributed by atoms with Crippen molar-refractivity contribution in [3.63, 3.8) is 0 Å². The second-order valence-corrected chi connectivity index (χ2v) is 9.75. The normalized spacial score (nSPS) is 16.7. The third-order valence-electron chi connectivity index (χ3n) is 5.90. The van der Waals surface area contributed by atoms with Crippen LogP contribution in [0, 0.1) is 19.3 Å². The lowest BCUT2D eigenvalue weighted by Crippen LogP contribution is -2.35. The van der Waals surface area contributed by atoms with E-state index in [1.54, 1.807) is 13.2 Å². The molecule has 0 saturated heterocycles. The summed E-state index contributed by atoms with van der Waals surface area (Å²) in [6.07, 6.45) is 7.15. The van der Waals surface area contributed by atoms with Crippen molar-refractivity contribution >= 4 is 51.4 Å². The van der Waals surface area contributed by atoms with Crippen molar-refractivity contribution in [3.05, 3.63) is 51.8 Å². The standard InChI is InChI=1S/C25H28ClN5O2S/c1-5-6-7-8-9-22-29-31-23(27)19(24(32)28-25(31)34-22)13-17-12-15(2)30(16(17)3)18-10-11-21(33-4)20(26)14-18/h10-14,27H,5-9H2,1-4H3/b19-13-,27-23?. The smallest absolute Gasteiger partial charge is 0.283 e. The Balaban J connectivity index is 1.61. The van der Waals surface area contributed by atoms with Gasteiger partial charge in [0.05, 0.1) is 17.7 Å². The van der Waals surface area contributed by atoms with Crippen LogP contribution in [0.15, 0.2) is 39.9 Å². The molecular formula is C25H28ClN5O2S. The highest BCUT2D eigenvalue weighted by Gasteiger charge is 2.35. The van der Waals surface area contributed by atoms with Crippen LogP contribution in [0.1, 0.15) is 56.0 Å². The number of amidine groups is 2. The maximum atomic E-state index is 12.8. The molecule has 0 unspecified atom stereocenters. The number of nitrogens with zero attached hydrogens (tertiary/aromatic N) is 4. The number of unbranched alkanes of at least 4 members (excludes halogenated alkanes) is 3. The van der Waals surface area contributed by atoms with E-state index in [2.05, 4.69) is 21.6 Å². The van der Waals surface area contributed by atoms with Crippen molar-refractivity contribution in [2.45, 2.75) is 52.9 Å². The summed E-state index contributed by atoms with van der Waals surface area (Å²) in [6, 6.07) is 7.60. The molecule has 7 nitrogen and oxygen atoms in total. The first-order valence-corrected chi connectivity index (χ1v) is 12.6. The number of aryl methyl sites for hydroxylation is 1. The van der Waals surface area contributed by atoms with Gasteiger partial charge in [-0.05, 0) is 74.4 Å². The van der Waals surface area contributed by atoms with Crippen LogP contribution in [0.2, 0.25) is 5.02 Å². The number of amides is 1. The molecular weight excluding hydrogens is 470 g/mol. The Morgan fingerprint density at radius 1 is 1.21 bits per heavy atom. The summed E-state index contributed by atoms with van der Waals surface area (Å²) in [4.78, 5) is 17.0. The average Bonchev–Trinajstić information content (AvgIpc) is 3.33. The van der Waals surface area contributed by atoms with E-state index in [-0.39, 0.29) is 11.4 Å². The molecule has 0 bridgehead atoms. The molecule has 0 saturated carbocycles. The zero-order chi connectivity index (χ0) is 24.4. The lowest BCUT2D eigenvalue weighted by Gasteiger charge is -2.20. The Labute approximate surface area is 209 Å². The first-order valence-electron chi connectivity index (χ1n) is 11.4. The SMILES string of the molecule is CCCCCCC1=NN2C(=N)/C(=C/c3cc(C)n(-c4ccc(OC)c(Cl)c4)c3C)C(=O)N=C2S1. The highest BCUT2D eigenvalue weighted by molar-refractivity contribution is 8.26. The number of ether oxygens (including phenoxy) is 1.